The van der Waals surface area contributed by atoms with Crippen LogP contribution in [-0.4, -0.2) is 188 Å². The van der Waals surface area contributed by atoms with Gasteiger partial charge >= 0.3 is 0 Å². The molecule has 4 saturated heterocycles. The summed E-state index contributed by atoms with van der Waals surface area (Å²) in [6, 6.07) is 25.7. The number of nitrogens with zero attached hydrogens (tertiary/aromatic N) is 7. The Morgan fingerprint density at radius 2 is 1.58 bits per heavy atom. The Bertz CT molecular complexity index is 2830. The van der Waals surface area contributed by atoms with Gasteiger partial charge in [0.05, 0.1) is 43.5 Å². The molecule has 5 heterocycles. The minimum atomic E-state index is -0.669. The number of hydrogen-bond acceptors (Lipinski definition) is 13. The number of amides is 3. The highest BCUT2D eigenvalue weighted by Gasteiger charge is 2.31. The maximum atomic E-state index is 15.0. The number of carbonyl (C=O) groups is 3. The number of aromatic nitrogens is 2. The van der Waals surface area contributed by atoms with Crippen LogP contribution in [0.25, 0.3) is 10.8 Å². The van der Waals surface area contributed by atoms with E-state index in [1.165, 1.54) is 11.6 Å². The number of hydrogen-bond donors (Lipinski definition) is 3. The lowest BCUT2D eigenvalue weighted by Gasteiger charge is -2.40. The molecule has 3 N–H and O–H groups in total. The second kappa shape index (κ2) is 26.2. The van der Waals surface area contributed by atoms with Gasteiger partial charge in [0.1, 0.15) is 30.2 Å². The van der Waals surface area contributed by atoms with Gasteiger partial charge in [-0.25, -0.2) is 9.49 Å². The number of benzene rings is 4. The summed E-state index contributed by atoms with van der Waals surface area (Å²) >= 11 is 0. The van der Waals surface area contributed by atoms with Gasteiger partial charge in [0.2, 0.25) is 11.8 Å². The average Bonchev–Trinajstić information content (AvgIpc) is 3.46. The zero-order valence-corrected chi connectivity index (χ0v) is 44.1. The summed E-state index contributed by atoms with van der Waals surface area (Å²) in [6.07, 6.45) is 3.65. The summed E-state index contributed by atoms with van der Waals surface area (Å²) in [5.74, 6) is 1.21. The van der Waals surface area contributed by atoms with Crippen LogP contribution < -0.4 is 20.3 Å². The molecule has 0 spiro atoms. The average molecular weight is 1040 g/mol. The van der Waals surface area contributed by atoms with E-state index in [9.17, 15) is 24.3 Å². The van der Waals surface area contributed by atoms with Crippen molar-refractivity contribution in [1.29, 1.82) is 0 Å². The molecule has 18 heteroatoms. The Hall–Kier alpha value is -6.28. The Morgan fingerprint density at radius 1 is 0.816 bits per heavy atom. The number of ether oxygens (including phenoxy) is 3. The van der Waals surface area contributed by atoms with Crippen molar-refractivity contribution in [1.82, 2.24) is 44.9 Å². The Labute approximate surface area is 444 Å². The molecule has 1 aromatic heterocycles. The fraction of sp³-hybridized carbons (Fsp3) is 0.500. The van der Waals surface area contributed by atoms with E-state index in [2.05, 4.69) is 42.3 Å². The van der Waals surface area contributed by atoms with Gasteiger partial charge in [-0.2, -0.15) is 5.10 Å². The Morgan fingerprint density at radius 3 is 2.36 bits per heavy atom. The number of carbonyl (C=O) groups excluding carboxylic acids is 3. The molecular weight excluding hydrogens is 970 g/mol. The molecule has 3 amide bonds. The summed E-state index contributed by atoms with van der Waals surface area (Å²) in [5, 5.41) is 22.9. The van der Waals surface area contributed by atoms with Crippen LogP contribution in [0.1, 0.15) is 83.1 Å². The highest BCUT2D eigenvalue weighted by molar-refractivity contribution is 5.95. The van der Waals surface area contributed by atoms with Gasteiger partial charge in [-0.15, -0.1) is 0 Å². The van der Waals surface area contributed by atoms with E-state index >= 15 is 4.39 Å². The topological polar surface area (TPSA) is 176 Å². The van der Waals surface area contributed by atoms with Crippen molar-refractivity contribution < 1.29 is 38.1 Å². The van der Waals surface area contributed by atoms with Crippen molar-refractivity contribution >= 4 is 28.5 Å². The molecular formula is C58H74FN9O8. The van der Waals surface area contributed by atoms with Crippen LogP contribution in [0.2, 0.25) is 0 Å². The van der Waals surface area contributed by atoms with Gasteiger partial charge in [-0.1, -0.05) is 54.6 Å². The number of piperidine rings is 2. The molecule has 4 fully saturated rings. The molecule has 9 rings (SSSR count). The number of aliphatic hydroxyl groups is 1. The van der Waals surface area contributed by atoms with E-state index in [0.717, 1.165) is 107 Å². The molecule has 0 bridgehead atoms. The van der Waals surface area contributed by atoms with Crippen molar-refractivity contribution in [3.8, 4) is 11.5 Å². The highest BCUT2D eigenvalue weighted by Crippen LogP contribution is 2.32. The van der Waals surface area contributed by atoms with Gasteiger partial charge in [0.25, 0.3) is 11.5 Å². The SMILES string of the molecule is CCOc1cc(OC)ccc1CNCC(=O)N1CCCC(c2cccc(C(O)N3CCC(CN4CCN(CCOCC(=O)N5CCN(C(=O)c6cc(Cc7n[nH]c(=O)c8ccccc78)ccc6F)CC5)CC4)CC3)c2)C1. The van der Waals surface area contributed by atoms with Crippen molar-refractivity contribution in [2.45, 2.75) is 57.7 Å². The molecule has 4 aliphatic rings. The number of rotatable bonds is 20. The monoisotopic (exact) mass is 1040 g/mol. The first kappa shape index (κ1) is 54.5. The number of nitrogens with one attached hydrogen (secondary N) is 2. The minimum absolute atomic E-state index is 0.0266. The number of H-pyrrole nitrogens is 1. The van der Waals surface area contributed by atoms with Gasteiger partial charge < -0.3 is 44.2 Å². The number of likely N-dealkylation sites (tertiary alicyclic amines) is 2. The van der Waals surface area contributed by atoms with Crippen LogP contribution in [0, 0.1) is 11.7 Å². The van der Waals surface area contributed by atoms with E-state index in [0.29, 0.717) is 73.8 Å². The van der Waals surface area contributed by atoms with Crippen LogP contribution in [-0.2, 0) is 27.3 Å². The Kier molecular flexibility index (Phi) is 18.8. The molecule has 0 radical (unpaired) electrons. The molecule has 4 aromatic carbocycles. The fourth-order valence-corrected chi connectivity index (χ4v) is 11.2. The second-order valence-corrected chi connectivity index (χ2v) is 20.6. The van der Waals surface area contributed by atoms with Crippen LogP contribution >= 0.6 is 0 Å². The fourth-order valence-electron chi connectivity index (χ4n) is 11.2. The zero-order chi connectivity index (χ0) is 53.0. The molecule has 5 aromatic rings. The normalized spacial score (nSPS) is 18.7. The number of aromatic amines is 1. The first-order chi connectivity index (χ1) is 37.0. The molecule has 2 atom stereocenters. The van der Waals surface area contributed by atoms with Crippen molar-refractivity contribution in [3.63, 3.8) is 0 Å². The summed E-state index contributed by atoms with van der Waals surface area (Å²) < 4.78 is 32.1. The van der Waals surface area contributed by atoms with E-state index in [1.807, 2.05) is 54.3 Å². The van der Waals surface area contributed by atoms with Crippen LogP contribution in [0.4, 0.5) is 4.39 Å². The molecule has 76 heavy (non-hydrogen) atoms. The van der Waals surface area contributed by atoms with Crippen molar-refractivity contribution in [2.75, 3.05) is 125 Å². The minimum Gasteiger partial charge on any atom is -0.497 e. The van der Waals surface area contributed by atoms with Gasteiger partial charge in [-0.3, -0.25) is 29.0 Å². The smallest absolute Gasteiger partial charge is 0.272 e. The first-order valence-corrected chi connectivity index (χ1v) is 27.2. The number of piperazine rings is 2. The quantitative estimate of drug-likeness (QED) is 0.0902. The summed E-state index contributed by atoms with van der Waals surface area (Å²) in [5.41, 5.74) is 4.06. The molecule has 0 aliphatic carbocycles. The number of aliphatic hydroxyl groups excluding tert-OH is 1. The van der Waals surface area contributed by atoms with Crippen LogP contribution in [0.5, 0.6) is 11.5 Å². The van der Waals surface area contributed by atoms with E-state index in [4.69, 9.17) is 14.2 Å². The maximum Gasteiger partial charge on any atom is 0.272 e. The molecule has 406 valence electrons. The lowest BCUT2D eigenvalue weighted by molar-refractivity contribution is -0.137. The van der Waals surface area contributed by atoms with Gasteiger partial charge in [-0.05, 0) is 79.5 Å². The van der Waals surface area contributed by atoms with Crippen molar-refractivity contribution in [2.24, 2.45) is 5.92 Å². The van der Waals surface area contributed by atoms with Gasteiger partial charge in [0, 0.05) is 128 Å². The van der Waals surface area contributed by atoms with E-state index < -0.39 is 18.0 Å². The standard InChI is InChI=1S/C58H74FN9O8/c1-3-76-53-35-47(74-2)15-14-45(53)36-60-37-54(69)68-19-7-10-46(39-68)43-8-6-9-44(34-43)57(72)66-20-17-41(18-21-66)38-64-24-22-63(23-25-64)30-31-75-40-55(70)65-26-28-67(29-27-65)58(73)50-32-42(13-16-51(50)59)33-52-48-11-4-5-12-49(48)56(71)62-61-52/h4-6,8-9,11-16,32,34-35,41,46,57,60,72H,3,7,10,17-31,33,36-40H2,1-2H3,(H,62,71). The Balaban J connectivity index is 0.637. The summed E-state index contributed by atoms with van der Waals surface area (Å²) in [4.78, 5) is 64.6. The number of methoxy groups -OCH3 is 1. The molecule has 0 saturated carbocycles. The first-order valence-electron chi connectivity index (χ1n) is 27.2. The molecule has 17 nitrogen and oxygen atoms in total. The van der Waals surface area contributed by atoms with E-state index in [1.54, 1.807) is 41.2 Å². The van der Waals surface area contributed by atoms with E-state index in [-0.39, 0.29) is 55.1 Å². The molecule has 4 aliphatic heterocycles. The highest BCUT2D eigenvalue weighted by atomic mass is 19.1. The largest absolute Gasteiger partial charge is 0.497 e. The third kappa shape index (κ3) is 13.8. The lowest BCUT2D eigenvalue weighted by Crippen LogP contribution is -2.51. The summed E-state index contributed by atoms with van der Waals surface area (Å²) in [7, 11) is 1.63. The second-order valence-electron chi connectivity index (χ2n) is 20.6. The predicted octanol–water partition coefficient (Wildman–Crippen LogP) is 4.88. The van der Waals surface area contributed by atoms with Gasteiger partial charge in [0.15, 0.2) is 0 Å². The number of halogens is 1. The zero-order valence-electron chi connectivity index (χ0n) is 44.1. The maximum absolute atomic E-state index is 15.0. The van der Waals surface area contributed by atoms with Crippen LogP contribution in [0.3, 0.4) is 0 Å². The third-order valence-corrected chi connectivity index (χ3v) is 15.7. The molecule has 2 unspecified atom stereocenters. The third-order valence-electron chi connectivity index (χ3n) is 15.7. The van der Waals surface area contributed by atoms with Crippen molar-refractivity contribution in [3.05, 3.63) is 135 Å². The summed E-state index contributed by atoms with van der Waals surface area (Å²) in [6.45, 7) is 13.7. The number of fused-ring (bicyclic) bond motifs is 1. The van der Waals surface area contributed by atoms with Crippen LogP contribution in [0.15, 0.2) is 89.7 Å². The predicted molar refractivity (Wildman–Crippen MR) is 288 cm³/mol. The lowest BCUT2D eigenvalue weighted by atomic mass is 9.89.